The van der Waals surface area contributed by atoms with Crippen LogP contribution in [0.25, 0.3) is 0 Å². The quantitative estimate of drug-likeness (QED) is 0.717. The van der Waals surface area contributed by atoms with Crippen molar-refractivity contribution in [2.45, 2.75) is 70.0 Å². The lowest BCUT2D eigenvalue weighted by atomic mass is 9.97. The summed E-state index contributed by atoms with van der Waals surface area (Å²) >= 11 is 0. The number of ether oxygens (including phenoxy) is 5. The minimum absolute atomic E-state index is 0.195. The van der Waals surface area contributed by atoms with Crippen LogP contribution in [-0.4, -0.2) is 42.3 Å². The van der Waals surface area contributed by atoms with Crippen LogP contribution in [0.3, 0.4) is 0 Å². The van der Waals surface area contributed by atoms with Crippen LogP contribution < -0.4 is 0 Å². The Morgan fingerprint density at radius 1 is 0.867 bits per heavy atom. The maximum atomic E-state index is 10.2. The summed E-state index contributed by atoms with van der Waals surface area (Å²) in [5, 5.41) is 10.2. The third-order valence-electron chi connectivity index (χ3n) is 6.06. The van der Waals surface area contributed by atoms with Crippen molar-refractivity contribution >= 4 is 0 Å². The average Bonchev–Trinajstić information content (AvgIpc) is 3.05. The Morgan fingerprint density at radius 3 is 2.20 bits per heavy atom. The predicted octanol–water partition coefficient (Wildman–Crippen LogP) is 3.08. The van der Waals surface area contributed by atoms with Crippen LogP contribution in [0.1, 0.15) is 35.6 Å². The Labute approximate surface area is 176 Å². The molecule has 0 aromatic heterocycles. The lowest BCUT2D eigenvalue weighted by Gasteiger charge is -2.36. The van der Waals surface area contributed by atoms with Crippen LogP contribution in [0, 0.1) is 0 Å². The molecule has 2 bridgehead atoms. The van der Waals surface area contributed by atoms with E-state index in [1.54, 1.807) is 0 Å². The van der Waals surface area contributed by atoms with Gasteiger partial charge in [0.15, 0.2) is 6.29 Å². The monoisotopic (exact) mass is 412 g/mol. The van der Waals surface area contributed by atoms with E-state index in [1.165, 1.54) is 29.2 Å². The lowest BCUT2D eigenvalue weighted by Crippen LogP contribution is -2.49. The van der Waals surface area contributed by atoms with E-state index in [1.807, 2.05) is 6.07 Å². The molecule has 0 spiro atoms. The summed E-state index contributed by atoms with van der Waals surface area (Å²) in [6, 6.07) is 16.8. The molecule has 0 aliphatic carbocycles. The minimum Gasteiger partial charge on any atom is -0.374 e. The van der Waals surface area contributed by atoms with Gasteiger partial charge in [0.25, 0.3) is 5.97 Å². The van der Waals surface area contributed by atoms with Crippen molar-refractivity contribution in [2.24, 2.45) is 0 Å². The highest BCUT2D eigenvalue weighted by Gasteiger charge is 2.52. The minimum atomic E-state index is -1.67. The van der Waals surface area contributed by atoms with Crippen molar-refractivity contribution in [3.8, 4) is 0 Å². The van der Waals surface area contributed by atoms with Crippen LogP contribution in [0.15, 0.2) is 48.5 Å². The maximum absolute atomic E-state index is 10.2. The number of aryl methyl sites for hydroxylation is 2. The van der Waals surface area contributed by atoms with Crippen molar-refractivity contribution < 1.29 is 28.8 Å². The zero-order chi connectivity index (χ0) is 20.6. The summed E-state index contributed by atoms with van der Waals surface area (Å²) in [7, 11) is 0. The smallest absolute Gasteiger partial charge is 0.280 e. The van der Waals surface area contributed by atoms with Gasteiger partial charge in [0, 0.05) is 13.3 Å². The summed E-state index contributed by atoms with van der Waals surface area (Å²) in [4.78, 5) is 0. The van der Waals surface area contributed by atoms with E-state index >= 15 is 0 Å². The summed E-state index contributed by atoms with van der Waals surface area (Å²) in [6.45, 7) is 2.92. The first-order chi connectivity index (χ1) is 14.6. The molecule has 3 aliphatic heterocycles. The molecule has 2 aromatic rings. The van der Waals surface area contributed by atoms with Gasteiger partial charge in [-0.1, -0.05) is 48.5 Å². The maximum Gasteiger partial charge on any atom is 0.280 e. The topological polar surface area (TPSA) is 66.4 Å². The third kappa shape index (κ3) is 4.30. The molecule has 3 heterocycles. The fourth-order valence-corrected chi connectivity index (χ4v) is 4.53. The average molecular weight is 412 g/mol. The summed E-state index contributed by atoms with van der Waals surface area (Å²) in [5.74, 6) is -1.67. The molecule has 0 radical (unpaired) electrons. The Kier molecular flexibility index (Phi) is 5.62. The lowest BCUT2D eigenvalue weighted by molar-refractivity contribution is -0.321. The number of aliphatic hydroxyl groups is 1. The molecular formula is C24H28O6. The second-order valence-electron chi connectivity index (χ2n) is 8.36. The van der Waals surface area contributed by atoms with Crippen LogP contribution in [0.2, 0.25) is 0 Å². The van der Waals surface area contributed by atoms with E-state index in [0.29, 0.717) is 26.2 Å². The zero-order valence-electron chi connectivity index (χ0n) is 17.2. The standard InChI is InChI=1S/C24H28O6/c1-24(25)29-22-21-12-20(28-23(22)30-24)15-26-13-18-8-4-2-6-16(18)10-11-17-7-3-5-9-19(17)14-27-21/h2-9,20-23,25H,10-15H2,1H3/t20-,21-,22+,23+,24?/m0/s1. The highest BCUT2D eigenvalue weighted by atomic mass is 16.9. The van der Waals surface area contributed by atoms with Crippen LogP contribution in [0.4, 0.5) is 0 Å². The second kappa shape index (κ2) is 8.38. The van der Waals surface area contributed by atoms with E-state index in [9.17, 15) is 5.11 Å². The van der Waals surface area contributed by atoms with Crippen molar-refractivity contribution in [3.05, 3.63) is 70.8 Å². The molecule has 160 valence electrons. The van der Waals surface area contributed by atoms with Gasteiger partial charge in [0.2, 0.25) is 0 Å². The molecule has 1 unspecified atom stereocenters. The van der Waals surface area contributed by atoms with Gasteiger partial charge in [-0.25, -0.2) is 0 Å². The van der Waals surface area contributed by atoms with Crippen molar-refractivity contribution in [1.82, 2.24) is 0 Å². The number of fused-ring (bicyclic) bond motifs is 6. The fraction of sp³-hybridized carbons (Fsp3) is 0.500. The predicted molar refractivity (Wildman–Crippen MR) is 108 cm³/mol. The SMILES string of the molecule is CC1(O)O[C@H]2O[C@@H]3COCc4ccccc4CCc4ccccc4CO[C@@H](C3)[C@H]2O1. The van der Waals surface area contributed by atoms with E-state index in [2.05, 4.69) is 42.5 Å². The number of hydrogen-bond acceptors (Lipinski definition) is 6. The number of rotatable bonds is 0. The normalized spacial score (nSPS) is 34.3. The van der Waals surface area contributed by atoms with Crippen molar-refractivity contribution in [1.29, 1.82) is 0 Å². The first-order valence-electron chi connectivity index (χ1n) is 10.6. The Balaban J connectivity index is 1.43. The van der Waals surface area contributed by atoms with Crippen molar-refractivity contribution in [2.75, 3.05) is 6.61 Å². The molecule has 0 amide bonds. The molecular weight excluding hydrogens is 384 g/mol. The highest BCUT2D eigenvalue weighted by molar-refractivity contribution is 5.31. The number of benzene rings is 2. The molecule has 3 aliphatic rings. The third-order valence-corrected chi connectivity index (χ3v) is 6.06. The molecule has 5 rings (SSSR count). The van der Waals surface area contributed by atoms with Crippen LogP contribution in [-0.2, 0) is 49.7 Å². The van der Waals surface area contributed by atoms with Gasteiger partial charge >= 0.3 is 0 Å². The summed E-state index contributed by atoms with van der Waals surface area (Å²) in [6.07, 6.45) is 0.899. The molecule has 6 heteroatoms. The Morgan fingerprint density at radius 2 is 1.50 bits per heavy atom. The summed E-state index contributed by atoms with van der Waals surface area (Å²) < 4.78 is 29.6. The largest absolute Gasteiger partial charge is 0.374 e. The van der Waals surface area contributed by atoms with Gasteiger partial charge < -0.3 is 24.1 Å². The molecule has 2 fully saturated rings. The van der Waals surface area contributed by atoms with E-state index < -0.39 is 18.4 Å². The highest BCUT2D eigenvalue weighted by Crippen LogP contribution is 2.37. The molecule has 0 saturated carbocycles. The van der Waals surface area contributed by atoms with E-state index in [4.69, 9.17) is 23.7 Å². The fourth-order valence-electron chi connectivity index (χ4n) is 4.53. The van der Waals surface area contributed by atoms with Gasteiger partial charge in [0.1, 0.15) is 6.10 Å². The van der Waals surface area contributed by atoms with Gasteiger partial charge in [0.05, 0.1) is 32.0 Å². The molecule has 1 N–H and O–H groups in total. The molecule has 2 saturated heterocycles. The van der Waals surface area contributed by atoms with Crippen LogP contribution in [0.5, 0.6) is 0 Å². The van der Waals surface area contributed by atoms with E-state index in [0.717, 1.165) is 12.8 Å². The van der Waals surface area contributed by atoms with Crippen LogP contribution >= 0.6 is 0 Å². The van der Waals surface area contributed by atoms with Gasteiger partial charge in [-0.05, 0) is 35.1 Å². The molecule has 30 heavy (non-hydrogen) atoms. The molecule has 5 atom stereocenters. The molecule has 2 aromatic carbocycles. The first-order valence-corrected chi connectivity index (χ1v) is 10.6. The second-order valence-corrected chi connectivity index (χ2v) is 8.36. The van der Waals surface area contributed by atoms with Crippen molar-refractivity contribution in [3.63, 3.8) is 0 Å². The summed E-state index contributed by atoms with van der Waals surface area (Å²) in [5.41, 5.74) is 4.96. The van der Waals surface area contributed by atoms with Gasteiger partial charge in [-0.15, -0.1) is 0 Å². The Bertz CT molecular complexity index is 882. The number of hydrogen-bond donors (Lipinski definition) is 1. The van der Waals surface area contributed by atoms with E-state index in [-0.39, 0.29) is 12.2 Å². The van der Waals surface area contributed by atoms with Gasteiger partial charge in [-0.3, -0.25) is 4.74 Å². The zero-order valence-corrected chi connectivity index (χ0v) is 17.2. The Hall–Kier alpha value is -1.80. The van der Waals surface area contributed by atoms with Gasteiger partial charge in [-0.2, -0.15) is 0 Å². The molecule has 6 nitrogen and oxygen atoms in total. The first kappa shape index (κ1) is 20.1.